The normalized spacial score (nSPS) is 11.8. The predicted molar refractivity (Wildman–Crippen MR) is 80.0 cm³/mol. The molecule has 0 atom stereocenters. The SMILES string of the molecule is Nc1ccc2nc(Cc3ccc(OC(F)(F)F)cc3)sc2c1. The van der Waals surface area contributed by atoms with E-state index in [1.807, 2.05) is 12.1 Å². The first kappa shape index (κ1) is 14.6. The van der Waals surface area contributed by atoms with Crippen molar-refractivity contribution in [3.8, 4) is 5.75 Å². The number of fused-ring (bicyclic) bond motifs is 1. The number of anilines is 1. The van der Waals surface area contributed by atoms with Gasteiger partial charge < -0.3 is 10.5 Å². The van der Waals surface area contributed by atoms with Gasteiger partial charge in [-0.1, -0.05) is 12.1 Å². The number of hydrogen-bond donors (Lipinski definition) is 1. The second-order valence-electron chi connectivity index (χ2n) is 4.70. The summed E-state index contributed by atoms with van der Waals surface area (Å²) < 4.78 is 41.1. The Morgan fingerprint density at radius 2 is 1.82 bits per heavy atom. The van der Waals surface area contributed by atoms with Crippen LogP contribution in [0.2, 0.25) is 0 Å². The smallest absolute Gasteiger partial charge is 0.406 e. The number of aromatic nitrogens is 1. The third-order valence-electron chi connectivity index (χ3n) is 2.97. The van der Waals surface area contributed by atoms with Gasteiger partial charge in [0.1, 0.15) is 5.75 Å². The van der Waals surface area contributed by atoms with Crippen LogP contribution < -0.4 is 10.5 Å². The summed E-state index contributed by atoms with van der Waals surface area (Å²) >= 11 is 1.52. The largest absolute Gasteiger partial charge is 0.573 e. The quantitative estimate of drug-likeness (QED) is 0.728. The summed E-state index contributed by atoms with van der Waals surface area (Å²) in [6, 6.07) is 11.3. The minimum Gasteiger partial charge on any atom is -0.406 e. The lowest BCUT2D eigenvalue weighted by Crippen LogP contribution is -2.17. The van der Waals surface area contributed by atoms with Crippen LogP contribution in [0.5, 0.6) is 5.75 Å². The summed E-state index contributed by atoms with van der Waals surface area (Å²) in [7, 11) is 0. The van der Waals surface area contributed by atoms with Crippen molar-refractivity contribution in [2.24, 2.45) is 0 Å². The van der Waals surface area contributed by atoms with Gasteiger partial charge in [0.25, 0.3) is 0 Å². The van der Waals surface area contributed by atoms with Crippen LogP contribution in [0.25, 0.3) is 10.2 Å². The lowest BCUT2D eigenvalue weighted by molar-refractivity contribution is -0.274. The Morgan fingerprint density at radius 3 is 2.50 bits per heavy atom. The van der Waals surface area contributed by atoms with E-state index < -0.39 is 6.36 Å². The van der Waals surface area contributed by atoms with Gasteiger partial charge in [0.05, 0.1) is 15.2 Å². The van der Waals surface area contributed by atoms with Crippen LogP contribution in [-0.2, 0) is 6.42 Å². The molecule has 1 aromatic heterocycles. The summed E-state index contributed by atoms with van der Waals surface area (Å²) in [5, 5.41) is 0.880. The topological polar surface area (TPSA) is 48.1 Å². The molecule has 0 spiro atoms. The zero-order valence-corrected chi connectivity index (χ0v) is 12.0. The number of thiazole rings is 1. The fourth-order valence-electron chi connectivity index (χ4n) is 2.05. The minimum atomic E-state index is -4.67. The van der Waals surface area contributed by atoms with E-state index in [1.54, 1.807) is 18.2 Å². The molecular weight excluding hydrogens is 313 g/mol. The highest BCUT2D eigenvalue weighted by Crippen LogP contribution is 2.27. The zero-order chi connectivity index (χ0) is 15.7. The fraction of sp³-hybridized carbons (Fsp3) is 0.133. The Labute approximate surface area is 128 Å². The predicted octanol–water partition coefficient (Wildman–Crippen LogP) is 4.37. The molecule has 0 unspecified atom stereocenters. The number of alkyl halides is 3. The maximum atomic E-state index is 12.1. The van der Waals surface area contributed by atoms with Crippen LogP contribution in [0.4, 0.5) is 18.9 Å². The maximum Gasteiger partial charge on any atom is 0.573 e. The summed E-state index contributed by atoms with van der Waals surface area (Å²) in [5.41, 5.74) is 8.13. The standard InChI is InChI=1S/C15H11F3N2OS/c16-15(17,18)21-11-4-1-9(2-5-11)7-14-20-12-6-3-10(19)8-13(12)22-14/h1-6,8H,7,19H2. The average molecular weight is 324 g/mol. The molecule has 3 nitrogen and oxygen atoms in total. The van der Waals surface area contributed by atoms with E-state index in [9.17, 15) is 13.2 Å². The van der Waals surface area contributed by atoms with Crippen molar-refractivity contribution < 1.29 is 17.9 Å². The highest BCUT2D eigenvalue weighted by molar-refractivity contribution is 7.18. The van der Waals surface area contributed by atoms with E-state index >= 15 is 0 Å². The molecule has 0 bridgehead atoms. The van der Waals surface area contributed by atoms with Crippen LogP contribution in [0.1, 0.15) is 10.6 Å². The monoisotopic (exact) mass is 324 g/mol. The van der Waals surface area contributed by atoms with E-state index in [0.717, 1.165) is 20.8 Å². The Morgan fingerprint density at radius 1 is 1.09 bits per heavy atom. The van der Waals surface area contributed by atoms with Gasteiger partial charge in [0.2, 0.25) is 0 Å². The number of nitrogens with zero attached hydrogens (tertiary/aromatic N) is 1. The molecule has 2 N–H and O–H groups in total. The van der Waals surface area contributed by atoms with Crippen molar-refractivity contribution in [3.63, 3.8) is 0 Å². The molecule has 0 fully saturated rings. The van der Waals surface area contributed by atoms with Gasteiger partial charge in [0.15, 0.2) is 0 Å². The van der Waals surface area contributed by atoms with Crippen LogP contribution in [-0.4, -0.2) is 11.3 Å². The molecule has 0 saturated heterocycles. The lowest BCUT2D eigenvalue weighted by Gasteiger charge is -2.08. The van der Waals surface area contributed by atoms with Gasteiger partial charge >= 0.3 is 6.36 Å². The third-order valence-corrected chi connectivity index (χ3v) is 3.99. The van der Waals surface area contributed by atoms with Crippen molar-refractivity contribution in [3.05, 3.63) is 53.0 Å². The zero-order valence-electron chi connectivity index (χ0n) is 11.2. The molecule has 0 aliphatic carbocycles. The first-order valence-electron chi connectivity index (χ1n) is 6.39. The molecule has 0 radical (unpaired) electrons. The number of rotatable bonds is 3. The van der Waals surface area contributed by atoms with Crippen molar-refractivity contribution in [1.29, 1.82) is 0 Å². The molecule has 7 heteroatoms. The molecule has 1 heterocycles. The molecule has 114 valence electrons. The number of nitrogen functional groups attached to an aromatic ring is 1. The van der Waals surface area contributed by atoms with E-state index in [2.05, 4.69) is 9.72 Å². The van der Waals surface area contributed by atoms with Crippen molar-refractivity contribution >= 4 is 27.2 Å². The van der Waals surface area contributed by atoms with Crippen molar-refractivity contribution in [2.45, 2.75) is 12.8 Å². The maximum absolute atomic E-state index is 12.1. The molecule has 2 aromatic carbocycles. The van der Waals surface area contributed by atoms with Crippen LogP contribution in [0, 0.1) is 0 Å². The van der Waals surface area contributed by atoms with Crippen LogP contribution in [0.3, 0.4) is 0 Å². The van der Waals surface area contributed by atoms with Gasteiger partial charge in [-0.05, 0) is 35.9 Å². The average Bonchev–Trinajstić information content (AvgIpc) is 2.80. The molecule has 3 aromatic rings. The Bertz CT molecular complexity index is 797. The van der Waals surface area contributed by atoms with E-state index in [4.69, 9.17) is 5.73 Å². The molecule has 22 heavy (non-hydrogen) atoms. The van der Waals surface area contributed by atoms with Gasteiger partial charge in [-0.15, -0.1) is 24.5 Å². The Balaban J connectivity index is 1.77. The molecule has 3 rings (SSSR count). The number of benzene rings is 2. The first-order chi connectivity index (χ1) is 10.4. The number of ether oxygens (including phenoxy) is 1. The Kier molecular flexibility index (Phi) is 3.66. The molecule has 0 amide bonds. The number of hydrogen-bond acceptors (Lipinski definition) is 4. The van der Waals surface area contributed by atoms with E-state index in [1.165, 1.54) is 23.5 Å². The summed E-state index contributed by atoms with van der Waals surface area (Å²) in [4.78, 5) is 4.48. The third kappa shape index (κ3) is 3.48. The summed E-state index contributed by atoms with van der Waals surface area (Å²) in [6.07, 6.45) is -4.12. The van der Waals surface area contributed by atoms with Gasteiger partial charge in [-0.2, -0.15) is 0 Å². The second kappa shape index (κ2) is 5.49. The van der Waals surface area contributed by atoms with Gasteiger partial charge in [0, 0.05) is 12.1 Å². The van der Waals surface area contributed by atoms with Crippen molar-refractivity contribution in [2.75, 3.05) is 5.73 Å². The molecule has 0 aliphatic heterocycles. The number of halogens is 3. The highest BCUT2D eigenvalue weighted by atomic mass is 32.1. The molecular formula is C15H11F3N2OS. The summed E-state index contributed by atoms with van der Waals surface area (Å²) in [6.45, 7) is 0. The van der Waals surface area contributed by atoms with E-state index in [-0.39, 0.29) is 5.75 Å². The number of nitrogens with two attached hydrogens (primary N) is 1. The highest BCUT2D eigenvalue weighted by Gasteiger charge is 2.30. The first-order valence-corrected chi connectivity index (χ1v) is 7.20. The Hall–Kier alpha value is -2.28. The van der Waals surface area contributed by atoms with E-state index in [0.29, 0.717) is 12.1 Å². The minimum absolute atomic E-state index is 0.228. The van der Waals surface area contributed by atoms with Crippen molar-refractivity contribution in [1.82, 2.24) is 4.98 Å². The lowest BCUT2D eigenvalue weighted by atomic mass is 10.1. The molecule has 0 saturated carbocycles. The molecule has 0 aliphatic rings. The van der Waals surface area contributed by atoms with Gasteiger partial charge in [-0.3, -0.25) is 0 Å². The second-order valence-corrected chi connectivity index (χ2v) is 5.82. The summed E-state index contributed by atoms with van der Waals surface area (Å²) in [5.74, 6) is -0.228. The fourth-order valence-corrected chi connectivity index (χ4v) is 3.10. The van der Waals surface area contributed by atoms with Crippen LogP contribution >= 0.6 is 11.3 Å². The van der Waals surface area contributed by atoms with Crippen LogP contribution in [0.15, 0.2) is 42.5 Å². The van der Waals surface area contributed by atoms with Gasteiger partial charge in [-0.25, -0.2) is 4.98 Å².